The second-order valence-corrected chi connectivity index (χ2v) is 4.52. The molecule has 1 N–H and O–H groups in total. The van der Waals surface area contributed by atoms with Crippen molar-refractivity contribution in [3.63, 3.8) is 0 Å². The van der Waals surface area contributed by atoms with Crippen molar-refractivity contribution in [3.05, 3.63) is 0 Å². The number of nitrogens with zero attached hydrogens (tertiary/aromatic N) is 1. The molecule has 0 atom stereocenters. The van der Waals surface area contributed by atoms with Crippen molar-refractivity contribution in [1.82, 2.24) is 4.90 Å². The van der Waals surface area contributed by atoms with Gasteiger partial charge in [0.1, 0.15) is 0 Å². The zero-order valence-electron chi connectivity index (χ0n) is 10.4. The van der Waals surface area contributed by atoms with Crippen molar-refractivity contribution in [3.8, 4) is 0 Å². The van der Waals surface area contributed by atoms with Gasteiger partial charge in [0.05, 0.1) is 18.6 Å². The minimum absolute atomic E-state index is 0.0335. The van der Waals surface area contributed by atoms with Crippen LogP contribution < -0.4 is 0 Å². The minimum atomic E-state index is -0.210. The van der Waals surface area contributed by atoms with Crippen molar-refractivity contribution in [1.29, 1.82) is 0 Å². The molecule has 94 valence electrons. The Balaban J connectivity index is 2.47. The molecular weight excluding hydrogens is 206 g/mol. The van der Waals surface area contributed by atoms with Gasteiger partial charge in [-0.1, -0.05) is 6.92 Å². The molecule has 0 aliphatic heterocycles. The fourth-order valence-corrected chi connectivity index (χ4v) is 2.16. The van der Waals surface area contributed by atoms with Crippen LogP contribution in [0.5, 0.6) is 0 Å². The number of hydrogen-bond donors (Lipinski definition) is 1. The molecule has 1 aliphatic rings. The standard InChI is InChI=1S/C12H23NO3/c1-3-7-13(8-9-14)11(15)10-12(16-2)5-4-6-12/h14H,3-10H2,1-2H3. The quantitative estimate of drug-likeness (QED) is 0.713. The van der Waals surface area contributed by atoms with Gasteiger partial charge >= 0.3 is 0 Å². The molecule has 0 saturated heterocycles. The van der Waals surface area contributed by atoms with Gasteiger partial charge in [-0.2, -0.15) is 0 Å². The second-order valence-electron chi connectivity index (χ2n) is 4.52. The lowest BCUT2D eigenvalue weighted by atomic mass is 9.77. The zero-order chi connectivity index (χ0) is 12.0. The summed E-state index contributed by atoms with van der Waals surface area (Å²) in [6.45, 7) is 3.23. The monoisotopic (exact) mass is 229 g/mol. The highest BCUT2D eigenvalue weighted by Crippen LogP contribution is 2.38. The molecule has 0 bridgehead atoms. The Kier molecular flexibility index (Phi) is 5.22. The van der Waals surface area contributed by atoms with Gasteiger partial charge < -0.3 is 14.7 Å². The summed E-state index contributed by atoms with van der Waals surface area (Å²) in [5.74, 6) is 0.109. The van der Waals surface area contributed by atoms with Crippen LogP contribution in [0.25, 0.3) is 0 Å². The van der Waals surface area contributed by atoms with Gasteiger partial charge in [0.15, 0.2) is 0 Å². The van der Waals surface area contributed by atoms with E-state index >= 15 is 0 Å². The molecule has 1 fully saturated rings. The Morgan fingerprint density at radius 1 is 1.44 bits per heavy atom. The summed E-state index contributed by atoms with van der Waals surface area (Å²) in [4.78, 5) is 13.8. The van der Waals surface area contributed by atoms with Crippen LogP contribution in [-0.2, 0) is 9.53 Å². The molecule has 0 radical (unpaired) electrons. The van der Waals surface area contributed by atoms with Crippen LogP contribution in [0.2, 0.25) is 0 Å². The van der Waals surface area contributed by atoms with Crippen LogP contribution >= 0.6 is 0 Å². The van der Waals surface area contributed by atoms with E-state index in [0.717, 1.165) is 32.2 Å². The molecule has 0 unspecified atom stereocenters. The fourth-order valence-electron chi connectivity index (χ4n) is 2.16. The van der Waals surface area contributed by atoms with Gasteiger partial charge in [-0.25, -0.2) is 0 Å². The van der Waals surface area contributed by atoms with E-state index < -0.39 is 0 Å². The molecule has 4 nitrogen and oxygen atoms in total. The van der Waals surface area contributed by atoms with E-state index in [4.69, 9.17) is 9.84 Å². The summed E-state index contributed by atoms with van der Waals surface area (Å²) in [6.07, 6.45) is 4.49. The summed E-state index contributed by atoms with van der Waals surface area (Å²) in [5.41, 5.74) is -0.210. The van der Waals surface area contributed by atoms with E-state index in [2.05, 4.69) is 0 Å². The maximum absolute atomic E-state index is 12.0. The summed E-state index contributed by atoms with van der Waals surface area (Å²) in [5, 5.41) is 8.91. The molecule has 0 aromatic carbocycles. The fraction of sp³-hybridized carbons (Fsp3) is 0.917. The normalized spacial score (nSPS) is 17.9. The van der Waals surface area contributed by atoms with Gasteiger partial charge in [0, 0.05) is 20.2 Å². The highest BCUT2D eigenvalue weighted by atomic mass is 16.5. The van der Waals surface area contributed by atoms with Gasteiger partial charge in [-0.15, -0.1) is 0 Å². The van der Waals surface area contributed by atoms with E-state index in [1.54, 1.807) is 12.0 Å². The van der Waals surface area contributed by atoms with E-state index in [1.165, 1.54) is 0 Å². The molecule has 0 aromatic heterocycles. The Morgan fingerprint density at radius 3 is 2.50 bits per heavy atom. The smallest absolute Gasteiger partial charge is 0.225 e. The Bertz CT molecular complexity index is 215. The summed E-state index contributed by atoms with van der Waals surface area (Å²) in [6, 6.07) is 0. The number of aliphatic hydroxyl groups is 1. The molecule has 0 aromatic rings. The van der Waals surface area contributed by atoms with E-state index in [1.807, 2.05) is 6.92 Å². The average molecular weight is 229 g/mol. The summed E-state index contributed by atoms with van der Waals surface area (Å²) < 4.78 is 5.44. The first-order valence-corrected chi connectivity index (χ1v) is 6.11. The molecule has 1 rings (SSSR count). The van der Waals surface area contributed by atoms with Gasteiger partial charge in [-0.3, -0.25) is 4.79 Å². The summed E-state index contributed by atoms with van der Waals surface area (Å²) >= 11 is 0. The van der Waals surface area contributed by atoms with Crippen molar-refractivity contribution >= 4 is 5.91 Å². The van der Waals surface area contributed by atoms with E-state index in [9.17, 15) is 4.79 Å². The van der Waals surface area contributed by atoms with Crippen LogP contribution in [0.15, 0.2) is 0 Å². The topological polar surface area (TPSA) is 49.8 Å². The highest BCUT2D eigenvalue weighted by molar-refractivity contribution is 5.77. The second kappa shape index (κ2) is 6.21. The van der Waals surface area contributed by atoms with Crippen LogP contribution in [0.4, 0.5) is 0 Å². The summed E-state index contributed by atoms with van der Waals surface area (Å²) in [7, 11) is 1.68. The number of amides is 1. The SMILES string of the molecule is CCCN(CCO)C(=O)CC1(OC)CCC1. The lowest BCUT2D eigenvalue weighted by Crippen LogP contribution is -2.45. The molecule has 1 aliphatic carbocycles. The predicted molar refractivity (Wildman–Crippen MR) is 62.2 cm³/mol. The zero-order valence-corrected chi connectivity index (χ0v) is 10.4. The van der Waals surface area contributed by atoms with Crippen LogP contribution in [-0.4, -0.2) is 48.3 Å². The third kappa shape index (κ3) is 3.19. The van der Waals surface area contributed by atoms with E-state index in [-0.39, 0.29) is 18.1 Å². The van der Waals surface area contributed by atoms with E-state index in [0.29, 0.717) is 13.0 Å². The predicted octanol–water partition coefficient (Wildman–Crippen LogP) is 1.18. The maximum atomic E-state index is 12.0. The molecule has 1 amide bonds. The number of methoxy groups -OCH3 is 1. The van der Waals surface area contributed by atoms with Crippen molar-refractivity contribution in [2.24, 2.45) is 0 Å². The van der Waals surface area contributed by atoms with Crippen molar-refractivity contribution in [2.75, 3.05) is 26.8 Å². The molecule has 0 heterocycles. The molecule has 16 heavy (non-hydrogen) atoms. The lowest BCUT2D eigenvalue weighted by Gasteiger charge is -2.41. The average Bonchev–Trinajstić information content (AvgIpc) is 2.23. The third-order valence-electron chi connectivity index (χ3n) is 3.39. The molecule has 1 saturated carbocycles. The van der Waals surface area contributed by atoms with Gasteiger partial charge in [-0.05, 0) is 25.7 Å². The Hall–Kier alpha value is -0.610. The van der Waals surface area contributed by atoms with Crippen LogP contribution in [0.1, 0.15) is 39.0 Å². The first-order valence-electron chi connectivity index (χ1n) is 6.11. The first kappa shape index (κ1) is 13.5. The number of ether oxygens (including phenoxy) is 1. The molecule has 4 heteroatoms. The number of rotatable bonds is 7. The lowest BCUT2D eigenvalue weighted by molar-refractivity contribution is -0.144. The van der Waals surface area contributed by atoms with Crippen LogP contribution in [0.3, 0.4) is 0 Å². The Morgan fingerprint density at radius 2 is 2.12 bits per heavy atom. The minimum Gasteiger partial charge on any atom is -0.395 e. The third-order valence-corrected chi connectivity index (χ3v) is 3.39. The molecule has 0 spiro atoms. The van der Waals surface area contributed by atoms with Crippen LogP contribution in [0, 0.1) is 0 Å². The number of carbonyl (C=O) groups excluding carboxylic acids is 1. The van der Waals surface area contributed by atoms with Crippen molar-refractivity contribution in [2.45, 2.75) is 44.6 Å². The largest absolute Gasteiger partial charge is 0.395 e. The highest BCUT2D eigenvalue weighted by Gasteiger charge is 2.39. The number of aliphatic hydroxyl groups excluding tert-OH is 1. The number of hydrogen-bond acceptors (Lipinski definition) is 3. The van der Waals surface area contributed by atoms with Crippen molar-refractivity contribution < 1.29 is 14.6 Å². The Labute approximate surface area is 97.6 Å². The molecular formula is C12H23NO3. The van der Waals surface area contributed by atoms with Gasteiger partial charge in [0.25, 0.3) is 0 Å². The number of carbonyl (C=O) groups is 1. The maximum Gasteiger partial charge on any atom is 0.225 e. The first-order chi connectivity index (χ1) is 7.67. The van der Waals surface area contributed by atoms with Gasteiger partial charge in [0.2, 0.25) is 5.91 Å².